The molecule has 1 nitrogen and oxygen atoms in total. The van der Waals surface area contributed by atoms with Gasteiger partial charge in [0.05, 0.1) is 0 Å². The van der Waals surface area contributed by atoms with Crippen LogP contribution in [0, 0.1) is 6.92 Å². The van der Waals surface area contributed by atoms with Crippen molar-refractivity contribution in [1.82, 2.24) is 0 Å². The van der Waals surface area contributed by atoms with Crippen molar-refractivity contribution in [3.8, 4) is 5.75 Å². The molecule has 0 fully saturated rings. The minimum absolute atomic E-state index is 0. The normalized spacial score (nSPS) is 8.11. The second-order valence-corrected chi connectivity index (χ2v) is 1.84. The Kier molecular flexibility index (Phi) is 2.79. The number of aryl methyl sites for hydroxylation is 1. The molecule has 0 radical (unpaired) electrons. The van der Waals surface area contributed by atoms with Crippen molar-refractivity contribution in [3.63, 3.8) is 0 Å². The minimum atomic E-state index is 0. The zero-order valence-corrected chi connectivity index (χ0v) is 4.76. The van der Waals surface area contributed by atoms with E-state index in [1.165, 1.54) is 5.56 Å². The molecule has 1 N–H and O–H groups in total. The van der Waals surface area contributed by atoms with E-state index in [1.54, 1.807) is 12.1 Å². The topological polar surface area (TPSA) is 20.2 Å². The molecule has 0 saturated heterocycles. The van der Waals surface area contributed by atoms with Crippen LogP contribution in [-0.4, -0.2) is 5.11 Å². The molecule has 9 heavy (non-hydrogen) atoms. The molecule has 0 amide bonds. The molecule has 0 spiro atoms. The predicted molar refractivity (Wildman–Crippen MR) is 39.6 cm³/mol. The largest absolute Gasteiger partial charge is 0.508 e. The number of benzene rings is 1. The third kappa shape index (κ3) is 2.17. The predicted octanol–water partition coefficient (Wildman–Crippen LogP) is 2.34. The number of rotatable bonds is 0. The molecule has 0 heterocycles. The van der Waals surface area contributed by atoms with Crippen LogP contribution >= 0.6 is 0 Å². The maximum atomic E-state index is 8.76. The number of hydrogen-bond donors (Lipinski definition) is 1. The molecular formula is C8H12O. The van der Waals surface area contributed by atoms with E-state index in [1.807, 2.05) is 19.1 Å². The van der Waals surface area contributed by atoms with Gasteiger partial charge in [0, 0.05) is 0 Å². The first-order valence-electron chi connectivity index (χ1n) is 2.54. The standard InChI is InChI=1S/C7H8O.CH4/c1-6-2-4-7(8)5-3-6;/h2-5,8H,1H3;1H4. The molecule has 0 bridgehead atoms. The molecule has 0 aromatic heterocycles. The molecular weight excluding hydrogens is 112 g/mol. The van der Waals surface area contributed by atoms with Crippen molar-refractivity contribution in [1.29, 1.82) is 0 Å². The molecule has 0 atom stereocenters. The highest BCUT2D eigenvalue weighted by atomic mass is 16.3. The Balaban J connectivity index is 0.000000640. The molecule has 0 aliphatic rings. The molecule has 0 unspecified atom stereocenters. The summed E-state index contributed by atoms with van der Waals surface area (Å²) in [4.78, 5) is 0. The summed E-state index contributed by atoms with van der Waals surface area (Å²) in [5.74, 6) is 0.329. The summed E-state index contributed by atoms with van der Waals surface area (Å²) in [5, 5.41) is 8.76. The fourth-order valence-electron chi connectivity index (χ4n) is 0.545. The highest BCUT2D eigenvalue weighted by Crippen LogP contribution is 2.07. The van der Waals surface area contributed by atoms with Crippen LogP contribution < -0.4 is 0 Å². The molecule has 0 aliphatic heterocycles. The number of phenols is 1. The first-order valence-corrected chi connectivity index (χ1v) is 2.54. The molecule has 0 aliphatic carbocycles. The van der Waals surface area contributed by atoms with Gasteiger partial charge in [-0.3, -0.25) is 0 Å². The second-order valence-electron chi connectivity index (χ2n) is 1.84. The smallest absolute Gasteiger partial charge is 0.115 e. The lowest BCUT2D eigenvalue weighted by Crippen LogP contribution is -1.66. The van der Waals surface area contributed by atoms with Gasteiger partial charge in [-0.15, -0.1) is 0 Å². The summed E-state index contributed by atoms with van der Waals surface area (Å²) in [6, 6.07) is 7.09. The van der Waals surface area contributed by atoms with E-state index in [9.17, 15) is 0 Å². The second kappa shape index (κ2) is 3.13. The first kappa shape index (κ1) is 8.02. The Morgan fingerprint density at radius 1 is 1.11 bits per heavy atom. The van der Waals surface area contributed by atoms with Gasteiger partial charge in [-0.25, -0.2) is 0 Å². The van der Waals surface area contributed by atoms with Crippen LogP contribution in [0.5, 0.6) is 5.75 Å². The van der Waals surface area contributed by atoms with Crippen molar-refractivity contribution in [2.24, 2.45) is 0 Å². The van der Waals surface area contributed by atoms with Crippen molar-refractivity contribution < 1.29 is 5.11 Å². The van der Waals surface area contributed by atoms with Crippen molar-refractivity contribution in [2.75, 3.05) is 0 Å². The SMILES string of the molecule is C.Cc1ccc(O)cc1. The molecule has 0 saturated carbocycles. The van der Waals surface area contributed by atoms with Crippen molar-refractivity contribution in [3.05, 3.63) is 29.8 Å². The van der Waals surface area contributed by atoms with Gasteiger partial charge in [0.25, 0.3) is 0 Å². The van der Waals surface area contributed by atoms with Gasteiger partial charge >= 0.3 is 0 Å². The Hall–Kier alpha value is -0.980. The third-order valence-electron chi connectivity index (χ3n) is 1.03. The Morgan fingerprint density at radius 3 is 1.89 bits per heavy atom. The van der Waals surface area contributed by atoms with Crippen LogP contribution in [0.2, 0.25) is 0 Å². The monoisotopic (exact) mass is 124 g/mol. The zero-order valence-electron chi connectivity index (χ0n) is 4.76. The first-order chi connectivity index (χ1) is 3.79. The fraction of sp³-hybridized carbons (Fsp3) is 0.250. The van der Waals surface area contributed by atoms with E-state index in [-0.39, 0.29) is 7.43 Å². The maximum Gasteiger partial charge on any atom is 0.115 e. The lowest BCUT2D eigenvalue weighted by Gasteiger charge is -1.89. The summed E-state index contributed by atoms with van der Waals surface area (Å²) in [6.45, 7) is 1.99. The van der Waals surface area contributed by atoms with Gasteiger partial charge in [-0.1, -0.05) is 25.1 Å². The highest BCUT2D eigenvalue weighted by Gasteiger charge is 1.82. The Bertz CT molecular complexity index is 143. The lowest BCUT2D eigenvalue weighted by molar-refractivity contribution is 0.475. The van der Waals surface area contributed by atoms with E-state index >= 15 is 0 Å². The van der Waals surface area contributed by atoms with Gasteiger partial charge in [0.15, 0.2) is 0 Å². The number of hydrogen-bond acceptors (Lipinski definition) is 1. The van der Waals surface area contributed by atoms with Gasteiger partial charge in [0.1, 0.15) is 5.75 Å². The van der Waals surface area contributed by atoms with Gasteiger partial charge in [-0.2, -0.15) is 0 Å². The van der Waals surface area contributed by atoms with Gasteiger partial charge in [-0.05, 0) is 19.1 Å². The van der Waals surface area contributed by atoms with E-state index in [0.29, 0.717) is 5.75 Å². The molecule has 1 aromatic rings. The molecule has 50 valence electrons. The van der Waals surface area contributed by atoms with E-state index < -0.39 is 0 Å². The van der Waals surface area contributed by atoms with Gasteiger partial charge < -0.3 is 5.11 Å². The maximum absolute atomic E-state index is 8.76. The molecule has 1 aromatic carbocycles. The van der Waals surface area contributed by atoms with Gasteiger partial charge in [0.2, 0.25) is 0 Å². The average Bonchev–Trinajstić information content (AvgIpc) is 1.77. The zero-order chi connectivity index (χ0) is 5.98. The summed E-state index contributed by atoms with van der Waals surface area (Å²) in [7, 11) is 0. The highest BCUT2D eigenvalue weighted by molar-refractivity contribution is 5.24. The molecule has 1 rings (SSSR count). The van der Waals surface area contributed by atoms with Crippen molar-refractivity contribution >= 4 is 0 Å². The number of phenolic OH excluding ortho intramolecular Hbond substituents is 1. The van der Waals surface area contributed by atoms with E-state index in [2.05, 4.69) is 0 Å². The summed E-state index contributed by atoms with van der Waals surface area (Å²) < 4.78 is 0. The number of aromatic hydroxyl groups is 1. The Labute approximate surface area is 56.0 Å². The summed E-state index contributed by atoms with van der Waals surface area (Å²) in [5.41, 5.74) is 1.17. The summed E-state index contributed by atoms with van der Waals surface area (Å²) in [6.07, 6.45) is 0. The lowest BCUT2D eigenvalue weighted by atomic mass is 10.2. The molecule has 1 heteroatoms. The van der Waals surface area contributed by atoms with Crippen LogP contribution in [0.3, 0.4) is 0 Å². The van der Waals surface area contributed by atoms with E-state index in [0.717, 1.165) is 0 Å². The summed E-state index contributed by atoms with van der Waals surface area (Å²) >= 11 is 0. The van der Waals surface area contributed by atoms with Crippen LogP contribution in [0.15, 0.2) is 24.3 Å². The van der Waals surface area contributed by atoms with Crippen molar-refractivity contribution in [2.45, 2.75) is 14.4 Å². The quantitative estimate of drug-likeness (QED) is 0.562. The fourth-order valence-corrected chi connectivity index (χ4v) is 0.545. The van der Waals surface area contributed by atoms with E-state index in [4.69, 9.17) is 5.11 Å². The van der Waals surface area contributed by atoms with Crippen LogP contribution in [0.25, 0.3) is 0 Å². The average molecular weight is 124 g/mol. The third-order valence-corrected chi connectivity index (χ3v) is 1.03. The van der Waals surface area contributed by atoms with Crippen LogP contribution in [0.4, 0.5) is 0 Å². The van der Waals surface area contributed by atoms with Crippen LogP contribution in [0.1, 0.15) is 13.0 Å². The Morgan fingerprint density at radius 2 is 1.56 bits per heavy atom. The minimum Gasteiger partial charge on any atom is -0.508 e. The van der Waals surface area contributed by atoms with Crippen LogP contribution in [-0.2, 0) is 0 Å².